The number of piperidine rings is 1. The Hall–Kier alpha value is -0.170. The Balaban J connectivity index is 2.41. The van der Waals surface area contributed by atoms with Gasteiger partial charge in [-0.05, 0) is 33.2 Å². The fraction of sp³-hybridized carbons (Fsp3) is 1.00. The SMILES string of the molecule is CC(C)NS(=O)(=O)N[C@@H]1CCCNC1. The molecule has 0 amide bonds. The summed E-state index contributed by atoms with van der Waals surface area (Å²) in [5, 5.41) is 3.16. The molecule has 0 aromatic heterocycles. The highest BCUT2D eigenvalue weighted by molar-refractivity contribution is 7.87. The molecule has 0 aromatic carbocycles. The molecule has 1 fully saturated rings. The van der Waals surface area contributed by atoms with E-state index in [1.807, 2.05) is 0 Å². The van der Waals surface area contributed by atoms with Gasteiger partial charge >= 0.3 is 0 Å². The van der Waals surface area contributed by atoms with Crippen molar-refractivity contribution in [3.05, 3.63) is 0 Å². The second-order valence-corrected chi connectivity index (χ2v) is 5.42. The van der Waals surface area contributed by atoms with Crippen LogP contribution in [0.4, 0.5) is 0 Å². The lowest BCUT2D eigenvalue weighted by atomic mass is 10.1. The summed E-state index contributed by atoms with van der Waals surface area (Å²) in [6.45, 7) is 5.31. The zero-order valence-corrected chi connectivity index (χ0v) is 9.52. The largest absolute Gasteiger partial charge is 0.315 e. The molecule has 5 nitrogen and oxygen atoms in total. The van der Waals surface area contributed by atoms with E-state index >= 15 is 0 Å². The Labute approximate surface area is 85.8 Å². The van der Waals surface area contributed by atoms with Crippen LogP contribution in [0.5, 0.6) is 0 Å². The van der Waals surface area contributed by atoms with Crippen LogP contribution in [0.2, 0.25) is 0 Å². The van der Waals surface area contributed by atoms with Crippen molar-refractivity contribution in [2.45, 2.75) is 38.8 Å². The van der Waals surface area contributed by atoms with Crippen LogP contribution < -0.4 is 14.8 Å². The standard InChI is InChI=1S/C8H19N3O2S/c1-7(2)10-14(12,13)11-8-4-3-5-9-6-8/h7-11H,3-6H2,1-2H3/t8-/m1/s1. The van der Waals surface area contributed by atoms with E-state index in [2.05, 4.69) is 14.8 Å². The van der Waals surface area contributed by atoms with E-state index in [0.29, 0.717) is 0 Å². The van der Waals surface area contributed by atoms with E-state index in [9.17, 15) is 8.42 Å². The third-order valence-corrected chi connectivity index (χ3v) is 3.43. The lowest BCUT2D eigenvalue weighted by Crippen LogP contribution is -2.50. The van der Waals surface area contributed by atoms with Crippen molar-refractivity contribution in [2.75, 3.05) is 13.1 Å². The first-order chi connectivity index (χ1) is 6.49. The van der Waals surface area contributed by atoms with Crippen molar-refractivity contribution in [1.82, 2.24) is 14.8 Å². The van der Waals surface area contributed by atoms with Crippen molar-refractivity contribution >= 4 is 10.2 Å². The molecule has 0 aromatic rings. The van der Waals surface area contributed by atoms with Crippen molar-refractivity contribution in [1.29, 1.82) is 0 Å². The zero-order valence-electron chi connectivity index (χ0n) is 8.71. The van der Waals surface area contributed by atoms with Crippen molar-refractivity contribution < 1.29 is 8.42 Å². The third-order valence-electron chi connectivity index (χ3n) is 2.01. The van der Waals surface area contributed by atoms with E-state index in [-0.39, 0.29) is 12.1 Å². The summed E-state index contributed by atoms with van der Waals surface area (Å²) in [6, 6.07) is -0.0379. The van der Waals surface area contributed by atoms with Crippen molar-refractivity contribution in [3.63, 3.8) is 0 Å². The predicted molar refractivity (Wildman–Crippen MR) is 56.2 cm³/mol. The molecule has 1 rings (SSSR count). The summed E-state index contributed by atoms with van der Waals surface area (Å²) in [5.74, 6) is 0. The summed E-state index contributed by atoms with van der Waals surface area (Å²) in [7, 11) is -3.32. The minimum absolute atomic E-state index is 0.0278. The fourth-order valence-electron chi connectivity index (χ4n) is 1.52. The highest BCUT2D eigenvalue weighted by Gasteiger charge is 2.19. The first-order valence-corrected chi connectivity index (χ1v) is 6.48. The maximum Gasteiger partial charge on any atom is 0.277 e. The lowest BCUT2D eigenvalue weighted by Gasteiger charge is -2.24. The normalized spacial score (nSPS) is 24.1. The van der Waals surface area contributed by atoms with Gasteiger partial charge in [0.1, 0.15) is 0 Å². The molecule has 1 atom stereocenters. The molecule has 0 saturated carbocycles. The summed E-state index contributed by atoms with van der Waals surface area (Å²) in [4.78, 5) is 0. The Kier molecular flexibility index (Phi) is 4.31. The average Bonchev–Trinajstić information content (AvgIpc) is 2.02. The van der Waals surface area contributed by atoms with Gasteiger partial charge in [-0.2, -0.15) is 17.9 Å². The number of hydrogen-bond acceptors (Lipinski definition) is 3. The van der Waals surface area contributed by atoms with Gasteiger partial charge < -0.3 is 5.32 Å². The highest BCUT2D eigenvalue weighted by Crippen LogP contribution is 2.02. The number of hydrogen-bond donors (Lipinski definition) is 3. The van der Waals surface area contributed by atoms with E-state index in [1.54, 1.807) is 13.8 Å². The topological polar surface area (TPSA) is 70.2 Å². The molecule has 1 aliphatic heterocycles. The van der Waals surface area contributed by atoms with E-state index in [0.717, 1.165) is 25.9 Å². The van der Waals surface area contributed by atoms with Crippen LogP contribution in [0.3, 0.4) is 0 Å². The Morgan fingerprint density at radius 1 is 1.43 bits per heavy atom. The molecular weight excluding hydrogens is 202 g/mol. The second kappa shape index (κ2) is 5.06. The monoisotopic (exact) mass is 221 g/mol. The van der Waals surface area contributed by atoms with Crippen LogP contribution in [-0.2, 0) is 10.2 Å². The number of nitrogens with one attached hydrogen (secondary N) is 3. The summed E-state index contributed by atoms with van der Waals surface area (Å²) < 4.78 is 28.0. The molecule has 0 aliphatic carbocycles. The third kappa shape index (κ3) is 4.36. The van der Waals surface area contributed by atoms with Gasteiger partial charge in [-0.3, -0.25) is 0 Å². The molecule has 1 heterocycles. The summed E-state index contributed by atoms with van der Waals surface area (Å²) in [6.07, 6.45) is 1.93. The first kappa shape index (κ1) is 11.9. The smallest absolute Gasteiger partial charge is 0.277 e. The summed E-state index contributed by atoms with van der Waals surface area (Å²) >= 11 is 0. The minimum atomic E-state index is -3.32. The maximum absolute atomic E-state index is 11.5. The molecule has 3 N–H and O–H groups in total. The second-order valence-electron chi connectivity index (χ2n) is 3.94. The zero-order chi connectivity index (χ0) is 10.6. The van der Waals surface area contributed by atoms with Gasteiger partial charge in [0.05, 0.1) is 0 Å². The Morgan fingerprint density at radius 2 is 2.14 bits per heavy atom. The molecule has 1 saturated heterocycles. The molecule has 14 heavy (non-hydrogen) atoms. The highest BCUT2D eigenvalue weighted by atomic mass is 32.2. The van der Waals surface area contributed by atoms with Gasteiger partial charge in [0.25, 0.3) is 10.2 Å². The van der Waals surface area contributed by atoms with Gasteiger partial charge in [0.15, 0.2) is 0 Å². The fourth-order valence-corrected chi connectivity index (χ4v) is 2.84. The maximum atomic E-state index is 11.5. The Morgan fingerprint density at radius 3 is 2.64 bits per heavy atom. The van der Waals surface area contributed by atoms with E-state index in [4.69, 9.17) is 0 Å². The van der Waals surface area contributed by atoms with Crippen molar-refractivity contribution in [2.24, 2.45) is 0 Å². The van der Waals surface area contributed by atoms with Crippen LogP contribution in [-0.4, -0.2) is 33.6 Å². The molecule has 0 spiro atoms. The molecule has 0 radical (unpaired) electrons. The predicted octanol–water partition coefficient (Wildman–Crippen LogP) is -0.429. The van der Waals surface area contributed by atoms with Gasteiger partial charge in [0.2, 0.25) is 0 Å². The molecule has 0 bridgehead atoms. The van der Waals surface area contributed by atoms with Crippen molar-refractivity contribution in [3.8, 4) is 0 Å². The molecular formula is C8H19N3O2S. The van der Waals surface area contributed by atoms with E-state index < -0.39 is 10.2 Å². The first-order valence-electron chi connectivity index (χ1n) is 5.00. The average molecular weight is 221 g/mol. The van der Waals surface area contributed by atoms with Crippen LogP contribution in [0.15, 0.2) is 0 Å². The molecule has 6 heteroatoms. The number of rotatable bonds is 4. The van der Waals surface area contributed by atoms with Crippen LogP contribution in [0.1, 0.15) is 26.7 Å². The van der Waals surface area contributed by atoms with Gasteiger partial charge in [-0.15, -0.1) is 0 Å². The molecule has 1 aliphatic rings. The van der Waals surface area contributed by atoms with Crippen LogP contribution >= 0.6 is 0 Å². The molecule has 0 unspecified atom stereocenters. The summed E-state index contributed by atoms with van der Waals surface area (Å²) in [5.41, 5.74) is 0. The molecule has 84 valence electrons. The Bertz CT molecular complexity index is 258. The lowest BCUT2D eigenvalue weighted by molar-refractivity contribution is 0.425. The quantitative estimate of drug-likeness (QED) is 0.603. The minimum Gasteiger partial charge on any atom is -0.315 e. The van der Waals surface area contributed by atoms with Gasteiger partial charge in [-0.25, -0.2) is 0 Å². The van der Waals surface area contributed by atoms with Gasteiger partial charge in [-0.1, -0.05) is 0 Å². The van der Waals surface area contributed by atoms with E-state index in [1.165, 1.54) is 0 Å². The van der Waals surface area contributed by atoms with Crippen LogP contribution in [0.25, 0.3) is 0 Å². The van der Waals surface area contributed by atoms with Gasteiger partial charge in [0, 0.05) is 18.6 Å². The van der Waals surface area contributed by atoms with Crippen LogP contribution in [0, 0.1) is 0 Å².